The van der Waals surface area contributed by atoms with E-state index in [0.29, 0.717) is 12.1 Å². The Morgan fingerprint density at radius 2 is 2.12 bits per heavy atom. The number of hydrogen-bond donors (Lipinski definition) is 2. The SMILES string of the molecule is O=C(c1ccccc1)N1CC(O)C2NCC[C@H]21. The smallest absolute Gasteiger partial charge is 0.254 e. The van der Waals surface area contributed by atoms with Crippen molar-refractivity contribution < 1.29 is 9.90 Å². The van der Waals surface area contributed by atoms with Crippen molar-refractivity contribution in [2.75, 3.05) is 13.1 Å². The molecule has 2 aliphatic rings. The molecule has 0 aromatic heterocycles. The van der Waals surface area contributed by atoms with Crippen LogP contribution in [0.5, 0.6) is 0 Å². The number of aliphatic hydroxyl groups excluding tert-OH is 1. The van der Waals surface area contributed by atoms with Crippen LogP contribution in [0.2, 0.25) is 0 Å². The Bertz CT molecular complexity index is 421. The number of likely N-dealkylation sites (tertiary alicyclic amines) is 1. The van der Waals surface area contributed by atoms with Crippen molar-refractivity contribution in [1.82, 2.24) is 10.2 Å². The van der Waals surface area contributed by atoms with E-state index in [1.165, 1.54) is 0 Å². The van der Waals surface area contributed by atoms with E-state index in [2.05, 4.69) is 5.32 Å². The third-order valence-electron chi connectivity index (χ3n) is 3.71. The van der Waals surface area contributed by atoms with E-state index in [-0.39, 0.29) is 18.0 Å². The van der Waals surface area contributed by atoms with E-state index in [4.69, 9.17) is 0 Å². The van der Waals surface area contributed by atoms with E-state index in [1.807, 2.05) is 35.2 Å². The molecule has 2 heterocycles. The molecule has 2 N–H and O–H groups in total. The average Bonchev–Trinajstić information content (AvgIpc) is 2.94. The summed E-state index contributed by atoms with van der Waals surface area (Å²) in [6.45, 7) is 1.32. The van der Waals surface area contributed by atoms with Crippen molar-refractivity contribution in [1.29, 1.82) is 0 Å². The Labute approximate surface area is 100 Å². The highest BCUT2D eigenvalue weighted by Gasteiger charge is 2.45. The largest absolute Gasteiger partial charge is 0.390 e. The van der Waals surface area contributed by atoms with Crippen LogP contribution >= 0.6 is 0 Å². The number of β-amino-alcohol motifs (C(OH)–C–C–N with tert-alkyl or cyclic N) is 1. The van der Waals surface area contributed by atoms with Crippen molar-refractivity contribution in [3.63, 3.8) is 0 Å². The van der Waals surface area contributed by atoms with Crippen LogP contribution in [0.3, 0.4) is 0 Å². The maximum Gasteiger partial charge on any atom is 0.254 e. The standard InChI is InChI=1S/C13H16N2O2/c16-11-8-15(10-6-7-14-12(10)11)13(17)9-4-2-1-3-5-9/h1-5,10-12,14,16H,6-8H2/t10-,11?,12?/m1/s1. The van der Waals surface area contributed by atoms with Crippen LogP contribution in [0.15, 0.2) is 30.3 Å². The lowest BCUT2D eigenvalue weighted by Gasteiger charge is -2.22. The summed E-state index contributed by atoms with van der Waals surface area (Å²) in [5, 5.41) is 13.2. The summed E-state index contributed by atoms with van der Waals surface area (Å²) >= 11 is 0. The highest BCUT2D eigenvalue weighted by atomic mass is 16.3. The van der Waals surface area contributed by atoms with Crippen molar-refractivity contribution in [3.8, 4) is 0 Å². The number of rotatable bonds is 1. The Kier molecular flexibility index (Phi) is 2.61. The molecule has 0 radical (unpaired) electrons. The second-order valence-corrected chi connectivity index (χ2v) is 4.73. The van der Waals surface area contributed by atoms with Gasteiger partial charge in [0.2, 0.25) is 0 Å². The molecule has 1 aromatic carbocycles. The molecule has 1 amide bonds. The van der Waals surface area contributed by atoms with Crippen molar-refractivity contribution in [3.05, 3.63) is 35.9 Å². The van der Waals surface area contributed by atoms with Gasteiger partial charge in [-0.25, -0.2) is 0 Å². The van der Waals surface area contributed by atoms with Crippen LogP contribution in [0.1, 0.15) is 16.8 Å². The molecule has 2 saturated heterocycles. The molecule has 0 bridgehead atoms. The first kappa shape index (κ1) is 10.7. The summed E-state index contributed by atoms with van der Waals surface area (Å²) in [6.07, 6.45) is 0.496. The van der Waals surface area contributed by atoms with Crippen LogP contribution in [-0.2, 0) is 0 Å². The van der Waals surface area contributed by atoms with Gasteiger partial charge in [0.1, 0.15) is 0 Å². The molecule has 2 unspecified atom stereocenters. The predicted molar refractivity (Wildman–Crippen MR) is 63.7 cm³/mol. The normalized spacial score (nSPS) is 31.6. The van der Waals surface area contributed by atoms with Crippen LogP contribution in [0.25, 0.3) is 0 Å². The number of hydrogen-bond acceptors (Lipinski definition) is 3. The van der Waals surface area contributed by atoms with Gasteiger partial charge in [-0.05, 0) is 25.1 Å². The van der Waals surface area contributed by atoms with Crippen molar-refractivity contribution in [2.24, 2.45) is 0 Å². The molecule has 3 atom stereocenters. The molecule has 4 heteroatoms. The van der Waals surface area contributed by atoms with Gasteiger partial charge in [-0.1, -0.05) is 18.2 Å². The average molecular weight is 232 g/mol. The lowest BCUT2D eigenvalue weighted by molar-refractivity contribution is 0.0715. The molecule has 0 saturated carbocycles. The number of nitrogens with zero attached hydrogens (tertiary/aromatic N) is 1. The summed E-state index contributed by atoms with van der Waals surface area (Å²) < 4.78 is 0. The first-order chi connectivity index (χ1) is 8.27. The maximum atomic E-state index is 12.3. The van der Waals surface area contributed by atoms with Gasteiger partial charge in [-0.15, -0.1) is 0 Å². The Hall–Kier alpha value is -1.39. The molecule has 17 heavy (non-hydrogen) atoms. The highest BCUT2D eigenvalue weighted by Crippen LogP contribution is 2.26. The van der Waals surface area contributed by atoms with Gasteiger partial charge < -0.3 is 15.3 Å². The highest BCUT2D eigenvalue weighted by molar-refractivity contribution is 5.94. The van der Waals surface area contributed by atoms with E-state index >= 15 is 0 Å². The molecular formula is C13H16N2O2. The van der Waals surface area contributed by atoms with Gasteiger partial charge in [0.15, 0.2) is 0 Å². The minimum Gasteiger partial charge on any atom is -0.390 e. The fraction of sp³-hybridized carbons (Fsp3) is 0.462. The molecule has 3 rings (SSSR count). The summed E-state index contributed by atoms with van der Waals surface area (Å²) in [5.41, 5.74) is 0.701. The zero-order valence-corrected chi connectivity index (χ0v) is 9.54. The Balaban J connectivity index is 1.83. The Morgan fingerprint density at radius 1 is 1.35 bits per heavy atom. The minimum absolute atomic E-state index is 0.0286. The second-order valence-electron chi connectivity index (χ2n) is 4.73. The summed E-state index contributed by atoms with van der Waals surface area (Å²) in [4.78, 5) is 14.1. The van der Waals surface area contributed by atoms with Crippen LogP contribution < -0.4 is 5.32 Å². The first-order valence-electron chi connectivity index (χ1n) is 6.05. The zero-order valence-electron chi connectivity index (χ0n) is 9.54. The van der Waals surface area contributed by atoms with Gasteiger partial charge in [-0.3, -0.25) is 4.79 Å². The quantitative estimate of drug-likeness (QED) is 0.729. The summed E-state index contributed by atoms with van der Waals surface area (Å²) in [7, 11) is 0. The maximum absolute atomic E-state index is 12.3. The number of carbonyl (C=O) groups excluding carboxylic acids is 1. The predicted octanol–water partition coefficient (Wildman–Crippen LogP) is 0.234. The monoisotopic (exact) mass is 232 g/mol. The first-order valence-corrected chi connectivity index (χ1v) is 6.05. The number of amides is 1. The lowest BCUT2D eigenvalue weighted by Crippen LogP contribution is -2.39. The number of benzene rings is 1. The van der Waals surface area contributed by atoms with Crippen LogP contribution in [0.4, 0.5) is 0 Å². The number of aliphatic hydroxyl groups is 1. The molecule has 1 aromatic rings. The Morgan fingerprint density at radius 3 is 2.88 bits per heavy atom. The van der Waals surface area contributed by atoms with E-state index in [1.54, 1.807) is 0 Å². The summed E-state index contributed by atoms with van der Waals surface area (Å²) in [6, 6.07) is 9.49. The van der Waals surface area contributed by atoms with Crippen molar-refractivity contribution in [2.45, 2.75) is 24.6 Å². The number of nitrogens with one attached hydrogen (secondary N) is 1. The van der Waals surface area contributed by atoms with Gasteiger partial charge in [0, 0.05) is 12.1 Å². The topological polar surface area (TPSA) is 52.6 Å². The molecule has 0 aliphatic carbocycles. The molecule has 2 fully saturated rings. The van der Waals surface area contributed by atoms with E-state index in [9.17, 15) is 9.90 Å². The lowest BCUT2D eigenvalue weighted by atomic mass is 10.1. The number of fused-ring (bicyclic) bond motifs is 1. The molecule has 2 aliphatic heterocycles. The van der Waals surface area contributed by atoms with E-state index < -0.39 is 6.10 Å². The minimum atomic E-state index is -0.435. The third-order valence-corrected chi connectivity index (χ3v) is 3.71. The van der Waals surface area contributed by atoms with Gasteiger partial charge in [0.05, 0.1) is 18.2 Å². The molecule has 0 spiro atoms. The summed E-state index contributed by atoms with van der Waals surface area (Å²) in [5.74, 6) is 0.0286. The van der Waals surface area contributed by atoms with Crippen LogP contribution in [-0.4, -0.2) is 47.2 Å². The molecule has 90 valence electrons. The van der Waals surface area contributed by atoms with Gasteiger partial charge in [0.25, 0.3) is 5.91 Å². The fourth-order valence-corrected chi connectivity index (χ4v) is 2.89. The van der Waals surface area contributed by atoms with Gasteiger partial charge >= 0.3 is 0 Å². The fourth-order valence-electron chi connectivity index (χ4n) is 2.89. The second kappa shape index (κ2) is 4.13. The van der Waals surface area contributed by atoms with Crippen LogP contribution in [0, 0.1) is 0 Å². The molecule has 4 nitrogen and oxygen atoms in total. The van der Waals surface area contributed by atoms with Gasteiger partial charge in [-0.2, -0.15) is 0 Å². The number of carbonyl (C=O) groups is 1. The van der Waals surface area contributed by atoms with Crippen molar-refractivity contribution >= 4 is 5.91 Å². The molecular weight excluding hydrogens is 216 g/mol. The third kappa shape index (κ3) is 1.73. The van der Waals surface area contributed by atoms with E-state index in [0.717, 1.165) is 13.0 Å². The zero-order chi connectivity index (χ0) is 11.8.